The zero-order valence-electron chi connectivity index (χ0n) is 10.9. The highest BCUT2D eigenvalue weighted by Gasteiger charge is 2.41. The van der Waals surface area contributed by atoms with E-state index in [0.717, 1.165) is 35.1 Å². The molecule has 106 valence electrons. The summed E-state index contributed by atoms with van der Waals surface area (Å²) in [6, 6.07) is 6.19. The van der Waals surface area contributed by atoms with Gasteiger partial charge in [0.15, 0.2) is 0 Å². The van der Waals surface area contributed by atoms with Gasteiger partial charge >= 0.3 is 0 Å². The molecule has 3 rings (SSSR count). The van der Waals surface area contributed by atoms with Crippen LogP contribution in [-0.4, -0.2) is 30.0 Å². The van der Waals surface area contributed by atoms with Gasteiger partial charge in [-0.1, -0.05) is 28.1 Å². The Labute approximate surface area is 131 Å². The third kappa shape index (κ3) is 2.31. The molecular weight excluding hydrogens is 338 g/mol. The second-order valence-electron chi connectivity index (χ2n) is 5.28. The first-order valence-corrected chi connectivity index (χ1v) is 7.92. The maximum absolute atomic E-state index is 11.9. The van der Waals surface area contributed by atoms with E-state index in [2.05, 4.69) is 26.1 Å². The van der Waals surface area contributed by atoms with Gasteiger partial charge in [-0.15, -0.1) is 0 Å². The van der Waals surface area contributed by atoms with Crippen LogP contribution < -0.4 is 16.0 Å². The smallest absolute Gasteiger partial charge is 0.225 e. The van der Waals surface area contributed by atoms with E-state index in [4.69, 9.17) is 18.0 Å². The second-order valence-corrected chi connectivity index (χ2v) is 6.64. The van der Waals surface area contributed by atoms with Crippen molar-refractivity contribution >= 4 is 44.7 Å². The Morgan fingerprint density at radius 2 is 2.30 bits per heavy atom. The van der Waals surface area contributed by atoms with Crippen molar-refractivity contribution in [2.75, 3.05) is 18.0 Å². The highest BCUT2D eigenvalue weighted by molar-refractivity contribution is 9.10. The number of amides is 1. The van der Waals surface area contributed by atoms with Crippen LogP contribution in [0.25, 0.3) is 0 Å². The van der Waals surface area contributed by atoms with Gasteiger partial charge in [0.1, 0.15) is 4.99 Å². The van der Waals surface area contributed by atoms with Crippen LogP contribution in [0.3, 0.4) is 0 Å². The fraction of sp³-hybridized carbons (Fsp3) is 0.429. The van der Waals surface area contributed by atoms with Gasteiger partial charge in [-0.3, -0.25) is 4.79 Å². The highest BCUT2D eigenvalue weighted by atomic mass is 79.9. The van der Waals surface area contributed by atoms with E-state index >= 15 is 0 Å². The Balaban J connectivity index is 2.00. The number of nitrogens with one attached hydrogen (secondary N) is 1. The lowest BCUT2D eigenvalue weighted by Gasteiger charge is -2.38. The van der Waals surface area contributed by atoms with Gasteiger partial charge in [-0.25, -0.2) is 0 Å². The summed E-state index contributed by atoms with van der Waals surface area (Å²) < 4.78 is 0.957. The minimum atomic E-state index is 0.0894. The topological polar surface area (TPSA) is 58.4 Å². The maximum Gasteiger partial charge on any atom is 0.225 e. The molecule has 6 heteroatoms. The third-order valence-electron chi connectivity index (χ3n) is 4.13. The second kappa shape index (κ2) is 5.33. The summed E-state index contributed by atoms with van der Waals surface area (Å²) >= 11 is 8.62. The number of nitrogens with two attached hydrogens (primary N) is 1. The van der Waals surface area contributed by atoms with Crippen LogP contribution in [0.2, 0.25) is 0 Å². The van der Waals surface area contributed by atoms with Crippen LogP contribution in [-0.2, 0) is 4.79 Å². The number of thiocarbonyl (C=S) groups is 1. The fourth-order valence-electron chi connectivity index (χ4n) is 3.21. The quantitative estimate of drug-likeness (QED) is 0.796. The van der Waals surface area contributed by atoms with Crippen LogP contribution in [0.15, 0.2) is 22.7 Å². The van der Waals surface area contributed by atoms with Crippen LogP contribution >= 0.6 is 28.1 Å². The van der Waals surface area contributed by atoms with Crippen LogP contribution in [0.5, 0.6) is 0 Å². The molecule has 2 unspecified atom stereocenters. The number of carbonyl (C=O) groups is 1. The van der Waals surface area contributed by atoms with Crippen LogP contribution in [0.4, 0.5) is 5.69 Å². The Kier molecular flexibility index (Phi) is 3.69. The minimum absolute atomic E-state index is 0.0894. The van der Waals surface area contributed by atoms with Gasteiger partial charge in [-0.2, -0.15) is 0 Å². The third-order valence-corrected chi connectivity index (χ3v) is 4.85. The van der Waals surface area contributed by atoms with Gasteiger partial charge in [-0.05, 0) is 31.0 Å². The summed E-state index contributed by atoms with van der Waals surface area (Å²) in [5, 5.41) is 2.97. The SMILES string of the molecule is NC(=S)c1cc(Br)ccc1N1CCCC2C(=O)NCC21. The standard InChI is InChI=1S/C14H16BrN3OS/c15-8-3-4-11(10(6-8)13(16)20)18-5-1-2-9-12(18)7-17-14(9)19/h3-4,6,9,12H,1-2,5,7H2,(H2,16,20)(H,17,19). The molecule has 2 aliphatic heterocycles. The normalized spacial score (nSPS) is 25.2. The molecule has 2 atom stereocenters. The van der Waals surface area contributed by atoms with E-state index < -0.39 is 0 Å². The Morgan fingerprint density at radius 3 is 3.05 bits per heavy atom. The van der Waals surface area contributed by atoms with E-state index in [-0.39, 0.29) is 17.9 Å². The highest BCUT2D eigenvalue weighted by Crippen LogP contribution is 2.34. The van der Waals surface area contributed by atoms with Crippen LogP contribution in [0, 0.1) is 5.92 Å². The van der Waals surface area contributed by atoms with Gasteiger partial charge in [0, 0.05) is 28.8 Å². The molecule has 0 aromatic heterocycles. The molecule has 2 aliphatic rings. The van der Waals surface area contributed by atoms with Gasteiger partial charge in [0.05, 0.1) is 12.0 Å². The lowest BCUT2D eigenvalue weighted by atomic mass is 9.90. The number of hydrogen-bond acceptors (Lipinski definition) is 3. The van der Waals surface area contributed by atoms with Gasteiger partial charge < -0.3 is 16.0 Å². The number of fused-ring (bicyclic) bond motifs is 1. The first kappa shape index (κ1) is 13.8. The lowest BCUT2D eigenvalue weighted by molar-refractivity contribution is -0.122. The molecule has 0 saturated carbocycles. The number of hydrogen-bond donors (Lipinski definition) is 2. The van der Waals surface area contributed by atoms with E-state index in [9.17, 15) is 4.79 Å². The molecule has 1 aromatic rings. The molecule has 0 aliphatic carbocycles. The molecule has 2 saturated heterocycles. The van der Waals surface area contributed by atoms with Gasteiger partial charge in [0.25, 0.3) is 0 Å². The number of benzene rings is 1. The number of rotatable bonds is 2. The average Bonchev–Trinajstić information content (AvgIpc) is 2.81. The molecule has 2 heterocycles. The largest absolute Gasteiger partial charge is 0.389 e. The Bertz CT molecular complexity index is 578. The Hall–Kier alpha value is -1.14. The van der Waals surface area contributed by atoms with Crippen molar-refractivity contribution in [3.8, 4) is 0 Å². The summed E-state index contributed by atoms with van der Waals surface area (Å²) in [6.07, 6.45) is 1.98. The average molecular weight is 354 g/mol. The number of carbonyl (C=O) groups excluding carboxylic acids is 1. The van der Waals surface area contributed by atoms with Crippen molar-refractivity contribution in [2.45, 2.75) is 18.9 Å². The molecule has 0 bridgehead atoms. The van der Waals surface area contributed by atoms with Crippen molar-refractivity contribution in [1.82, 2.24) is 5.32 Å². The summed E-state index contributed by atoms with van der Waals surface area (Å²) in [7, 11) is 0. The molecule has 1 aromatic carbocycles. The number of halogens is 1. The number of piperidine rings is 1. The molecule has 0 radical (unpaired) electrons. The number of anilines is 1. The Morgan fingerprint density at radius 1 is 1.50 bits per heavy atom. The van der Waals surface area contributed by atoms with Gasteiger partial charge in [0.2, 0.25) is 5.91 Å². The summed E-state index contributed by atoms with van der Waals surface area (Å²) in [5.41, 5.74) is 7.76. The first-order chi connectivity index (χ1) is 9.58. The predicted octanol–water partition coefficient (Wildman–Crippen LogP) is 1.80. The monoisotopic (exact) mass is 353 g/mol. The van der Waals surface area contributed by atoms with Crippen LogP contribution in [0.1, 0.15) is 18.4 Å². The molecule has 2 fully saturated rings. The molecular formula is C14H16BrN3OS. The molecule has 4 nitrogen and oxygen atoms in total. The summed E-state index contributed by atoms with van der Waals surface area (Å²) in [6.45, 7) is 1.64. The molecule has 1 amide bonds. The first-order valence-electron chi connectivity index (χ1n) is 6.71. The fourth-order valence-corrected chi connectivity index (χ4v) is 3.73. The minimum Gasteiger partial charge on any atom is -0.389 e. The lowest BCUT2D eigenvalue weighted by Crippen LogP contribution is -2.46. The molecule has 20 heavy (non-hydrogen) atoms. The van der Waals surface area contributed by atoms with Crippen molar-refractivity contribution in [2.24, 2.45) is 11.7 Å². The summed E-state index contributed by atoms with van der Waals surface area (Å²) in [4.78, 5) is 14.5. The maximum atomic E-state index is 11.9. The van der Waals surface area contributed by atoms with Crippen molar-refractivity contribution in [1.29, 1.82) is 0 Å². The molecule has 0 spiro atoms. The number of nitrogens with zero attached hydrogens (tertiary/aromatic N) is 1. The van der Waals surface area contributed by atoms with E-state index in [1.807, 2.05) is 18.2 Å². The predicted molar refractivity (Wildman–Crippen MR) is 86.9 cm³/mol. The van der Waals surface area contributed by atoms with E-state index in [1.54, 1.807) is 0 Å². The van der Waals surface area contributed by atoms with Crippen molar-refractivity contribution in [3.05, 3.63) is 28.2 Å². The zero-order valence-corrected chi connectivity index (χ0v) is 13.3. The van der Waals surface area contributed by atoms with E-state index in [0.29, 0.717) is 11.5 Å². The zero-order chi connectivity index (χ0) is 14.3. The van der Waals surface area contributed by atoms with Crippen molar-refractivity contribution < 1.29 is 4.79 Å². The van der Waals surface area contributed by atoms with E-state index in [1.165, 1.54) is 0 Å². The molecule has 3 N–H and O–H groups in total. The van der Waals surface area contributed by atoms with Crippen molar-refractivity contribution in [3.63, 3.8) is 0 Å². The summed E-state index contributed by atoms with van der Waals surface area (Å²) in [5.74, 6) is 0.264.